The highest BCUT2D eigenvalue weighted by molar-refractivity contribution is 5.67. The van der Waals surface area contributed by atoms with Crippen LogP contribution < -0.4 is 11.1 Å². The first kappa shape index (κ1) is 11.3. The van der Waals surface area contributed by atoms with E-state index in [4.69, 9.17) is 5.73 Å². The van der Waals surface area contributed by atoms with Crippen LogP contribution in [0.25, 0.3) is 11.1 Å². The van der Waals surface area contributed by atoms with Crippen LogP contribution >= 0.6 is 0 Å². The van der Waals surface area contributed by atoms with Gasteiger partial charge < -0.3 is 11.1 Å². The first-order valence-corrected chi connectivity index (χ1v) is 5.92. The van der Waals surface area contributed by atoms with Crippen LogP contribution in [-0.4, -0.2) is 15.2 Å². The molecule has 0 aliphatic carbocycles. The van der Waals surface area contributed by atoms with E-state index in [9.17, 15) is 0 Å². The second-order valence-corrected chi connectivity index (χ2v) is 4.11. The van der Waals surface area contributed by atoms with E-state index in [2.05, 4.69) is 32.6 Å². The molecule has 0 spiro atoms. The maximum absolute atomic E-state index is 5.46. The number of nitrogens with two attached hydrogens (primary N) is 1. The molecule has 19 heavy (non-hydrogen) atoms. The van der Waals surface area contributed by atoms with Gasteiger partial charge in [-0.1, -0.05) is 42.5 Å². The maximum atomic E-state index is 5.46. The van der Waals surface area contributed by atoms with Crippen molar-refractivity contribution in [2.75, 3.05) is 11.1 Å². The molecule has 3 rings (SSSR count). The van der Waals surface area contributed by atoms with E-state index in [1.807, 2.05) is 42.5 Å². The molecule has 4 N–H and O–H groups in total. The highest BCUT2D eigenvalue weighted by Crippen LogP contribution is 2.22. The third kappa shape index (κ3) is 2.55. The molecule has 0 unspecified atom stereocenters. The Balaban J connectivity index is 1.79. The summed E-state index contributed by atoms with van der Waals surface area (Å²) in [7, 11) is 0. The molecule has 1 heterocycles. The van der Waals surface area contributed by atoms with E-state index in [1.165, 1.54) is 11.1 Å². The molecule has 0 bridgehead atoms. The molecule has 2 aromatic carbocycles. The SMILES string of the molecule is Nc1nc(Nc2ccc(-c3ccccc3)cc2)n[nH]1. The van der Waals surface area contributed by atoms with Crippen LogP contribution in [0.3, 0.4) is 0 Å². The molecule has 0 aliphatic heterocycles. The maximum Gasteiger partial charge on any atom is 0.248 e. The number of aromatic amines is 1. The summed E-state index contributed by atoms with van der Waals surface area (Å²) in [4.78, 5) is 3.99. The van der Waals surface area contributed by atoms with E-state index in [0.29, 0.717) is 11.9 Å². The molecule has 5 heteroatoms. The van der Waals surface area contributed by atoms with Crippen LogP contribution in [0.1, 0.15) is 0 Å². The van der Waals surface area contributed by atoms with E-state index in [1.54, 1.807) is 0 Å². The van der Waals surface area contributed by atoms with Gasteiger partial charge in [-0.05, 0) is 23.3 Å². The topological polar surface area (TPSA) is 79.6 Å². The van der Waals surface area contributed by atoms with Crippen molar-refractivity contribution in [2.24, 2.45) is 0 Å². The zero-order valence-corrected chi connectivity index (χ0v) is 10.2. The fraction of sp³-hybridized carbons (Fsp3) is 0. The normalized spacial score (nSPS) is 10.3. The molecule has 0 atom stereocenters. The fourth-order valence-electron chi connectivity index (χ4n) is 1.84. The summed E-state index contributed by atoms with van der Waals surface area (Å²) < 4.78 is 0. The molecule has 5 nitrogen and oxygen atoms in total. The predicted molar refractivity (Wildman–Crippen MR) is 76.0 cm³/mol. The van der Waals surface area contributed by atoms with Crippen LogP contribution in [0.2, 0.25) is 0 Å². The van der Waals surface area contributed by atoms with Crippen molar-refractivity contribution >= 4 is 17.6 Å². The van der Waals surface area contributed by atoms with Gasteiger partial charge in [-0.2, -0.15) is 4.98 Å². The Bertz CT molecular complexity index is 658. The average molecular weight is 251 g/mol. The molecule has 1 aromatic heterocycles. The van der Waals surface area contributed by atoms with Gasteiger partial charge in [0.1, 0.15) is 0 Å². The molecule has 0 radical (unpaired) electrons. The van der Waals surface area contributed by atoms with E-state index >= 15 is 0 Å². The van der Waals surface area contributed by atoms with E-state index in [-0.39, 0.29) is 0 Å². The summed E-state index contributed by atoms with van der Waals surface area (Å²) in [5.41, 5.74) is 8.74. The molecule has 0 fully saturated rings. The Labute approximate surface area is 110 Å². The number of benzene rings is 2. The lowest BCUT2D eigenvalue weighted by atomic mass is 10.1. The lowest BCUT2D eigenvalue weighted by Crippen LogP contribution is -1.92. The highest BCUT2D eigenvalue weighted by Gasteiger charge is 2.01. The molecular weight excluding hydrogens is 238 g/mol. The number of rotatable bonds is 3. The van der Waals surface area contributed by atoms with Gasteiger partial charge in [0, 0.05) is 5.69 Å². The number of nitrogens with zero attached hydrogens (tertiary/aromatic N) is 2. The Kier molecular flexibility index (Phi) is 2.86. The molecule has 0 aliphatic rings. The van der Waals surface area contributed by atoms with Gasteiger partial charge in [-0.3, -0.25) is 0 Å². The Hall–Kier alpha value is -2.82. The van der Waals surface area contributed by atoms with Crippen molar-refractivity contribution < 1.29 is 0 Å². The van der Waals surface area contributed by atoms with Crippen LogP contribution in [-0.2, 0) is 0 Å². The first-order chi connectivity index (χ1) is 9.31. The van der Waals surface area contributed by atoms with Crippen LogP contribution in [0.15, 0.2) is 54.6 Å². The van der Waals surface area contributed by atoms with Crippen molar-refractivity contribution in [3.63, 3.8) is 0 Å². The van der Waals surface area contributed by atoms with Crippen molar-refractivity contribution in [3.05, 3.63) is 54.6 Å². The quantitative estimate of drug-likeness (QED) is 0.668. The van der Waals surface area contributed by atoms with Gasteiger partial charge >= 0.3 is 0 Å². The summed E-state index contributed by atoms with van der Waals surface area (Å²) in [6.45, 7) is 0. The van der Waals surface area contributed by atoms with Crippen LogP contribution in [0.5, 0.6) is 0 Å². The molecule has 0 saturated carbocycles. The number of aromatic nitrogens is 3. The molecule has 94 valence electrons. The largest absolute Gasteiger partial charge is 0.368 e. The fourth-order valence-corrected chi connectivity index (χ4v) is 1.84. The van der Waals surface area contributed by atoms with E-state index in [0.717, 1.165) is 5.69 Å². The predicted octanol–water partition coefficient (Wildman–Crippen LogP) is 2.80. The summed E-state index contributed by atoms with van der Waals surface area (Å²) in [6.07, 6.45) is 0. The molecular formula is C14H13N5. The standard InChI is InChI=1S/C14H13N5/c15-13-17-14(19-18-13)16-12-8-6-11(7-9-12)10-4-2-1-3-5-10/h1-9H,(H4,15,16,17,18,19). The molecule has 0 amide bonds. The smallest absolute Gasteiger partial charge is 0.248 e. The first-order valence-electron chi connectivity index (χ1n) is 5.92. The number of nitrogen functional groups attached to an aromatic ring is 1. The number of H-pyrrole nitrogens is 1. The Morgan fingerprint density at radius 3 is 2.21 bits per heavy atom. The number of anilines is 3. The van der Waals surface area contributed by atoms with E-state index < -0.39 is 0 Å². The lowest BCUT2D eigenvalue weighted by molar-refractivity contribution is 1.10. The number of nitrogens with one attached hydrogen (secondary N) is 2. The monoisotopic (exact) mass is 251 g/mol. The molecule has 3 aromatic rings. The second-order valence-electron chi connectivity index (χ2n) is 4.11. The van der Waals surface area contributed by atoms with Crippen LogP contribution in [0.4, 0.5) is 17.6 Å². The zero-order chi connectivity index (χ0) is 13.1. The zero-order valence-electron chi connectivity index (χ0n) is 10.2. The third-order valence-corrected chi connectivity index (χ3v) is 2.75. The van der Waals surface area contributed by atoms with Crippen molar-refractivity contribution in [2.45, 2.75) is 0 Å². The van der Waals surface area contributed by atoms with Crippen molar-refractivity contribution in [1.29, 1.82) is 0 Å². The van der Waals surface area contributed by atoms with Crippen LogP contribution in [0, 0.1) is 0 Å². The highest BCUT2D eigenvalue weighted by atomic mass is 15.3. The Morgan fingerprint density at radius 1 is 0.895 bits per heavy atom. The average Bonchev–Trinajstić information content (AvgIpc) is 2.86. The van der Waals surface area contributed by atoms with Gasteiger partial charge in [-0.15, -0.1) is 5.10 Å². The molecule has 0 saturated heterocycles. The van der Waals surface area contributed by atoms with Gasteiger partial charge in [0.05, 0.1) is 0 Å². The minimum Gasteiger partial charge on any atom is -0.368 e. The van der Waals surface area contributed by atoms with Crippen molar-refractivity contribution in [1.82, 2.24) is 15.2 Å². The van der Waals surface area contributed by atoms with Gasteiger partial charge in [0.25, 0.3) is 0 Å². The minimum absolute atomic E-state index is 0.295. The number of hydrogen-bond donors (Lipinski definition) is 3. The summed E-state index contributed by atoms with van der Waals surface area (Å²) >= 11 is 0. The van der Waals surface area contributed by atoms with Gasteiger partial charge in [0.15, 0.2) is 0 Å². The van der Waals surface area contributed by atoms with Crippen molar-refractivity contribution in [3.8, 4) is 11.1 Å². The summed E-state index contributed by atoms with van der Waals surface area (Å²) in [6, 6.07) is 18.3. The van der Waals surface area contributed by atoms with Gasteiger partial charge in [-0.25, -0.2) is 5.10 Å². The lowest BCUT2D eigenvalue weighted by Gasteiger charge is -2.04. The second kappa shape index (κ2) is 4.81. The number of hydrogen-bond acceptors (Lipinski definition) is 4. The Morgan fingerprint density at radius 2 is 1.58 bits per heavy atom. The summed E-state index contributed by atoms with van der Waals surface area (Å²) in [5.74, 6) is 0.758. The van der Waals surface area contributed by atoms with Gasteiger partial charge in [0.2, 0.25) is 11.9 Å². The minimum atomic E-state index is 0.295. The third-order valence-electron chi connectivity index (χ3n) is 2.75. The summed E-state index contributed by atoms with van der Waals surface area (Å²) in [5, 5.41) is 9.57.